The van der Waals surface area contributed by atoms with Crippen molar-refractivity contribution in [1.82, 2.24) is 0 Å². The van der Waals surface area contributed by atoms with Crippen LogP contribution in [-0.4, -0.2) is 24.7 Å². The van der Waals surface area contributed by atoms with Gasteiger partial charge in [-0.05, 0) is 78.9 Å². The lowest BCUT2D eigenvalue weighted by Gasteiger charge is -2.46. The van der Waals surface area contributed by atoms with Crippen molar-refractivity contribution in [3.63, 3.8) is 0 Å². The van der Waals surface area contributed by atoms with Crippen molar-refractivity contribution < 1.29 is 35.8 Å². The number of fused-ring (bicyclic) bond motifs is 9. The van der Waals surface area contributed by atoms with Gasteiger partial charge in [-0.2, -0.15) is 26.3 Å². The van der Waals surface area contributed by atoms with Crippen LogP contribution in [0.2, 0.25) is 0 Å². The third kappa shape index (κ3) is 3.05. The van der Waals surface area contributed by atoms with Crippen LogP contribution in [-0.2, 0) is 9.47 Å². The predicted molar refractivity (Wildman–Crippen MR) is 96.6 cm³/mol. The number of ether oxygens (including phenoxy) is 2. The average Bonchev–Trinajstić information content (AvgIpc) is 3.35. The van der Waals surface area contributed by atoms with Crippen molar-refractivity contribution in [3.8, 4) is 12.0 Å². The first-order valence-electron chi connectivity index (χ1n) is 10.7. The normalized spacial score (nSPS) is 42.2. The van der Waals surface area contributed by atoms with Gasteiger partial charge in [0.2, 0.25) is 6.79 Å². The maximum atomic E-state index is 13.9. The molecule has 0 aromatic heterocycles. The van der Waals surface area contributed by atoms with Crippen LogP contribution in [0.4, 0.5) is 26.3 Å². The monoisotopic (exact) mass is 438 g/mol. The Kier molecular flexibility index (Phi) is 5.32. The molecule has 0 aromatic carbocycles. The highest BCUT2D eigenvalue weighted by Gasteiger charge is 2.75. The molecular formula is C22H28F6O2. The van der Waals surface area contributed by atoms with Gasteiger partial charge in [0.15, 0.2) is 0 Å². The molecule has 0 radical (unpaired) electrons. The molecule has 9 unspecified atom stereocenters. The zero-order valence-corrected chi connectivity index (χ0v) is 17.3. The molecule has 4 aliphatic rings. The van der Waals surface area contributed by atoms with Gasteiger partial charge in [0.05, 0.1) is 0 Å². The van der Waals surface area contributed by atoms with E-state index in [1.807, 2.05) is 6.11 Å². The first kappa shape index (κ1) is 22.1. The molecule has 0 N–H and O–H groups in total. The molecule has 4 bridgehead atoms. The Morgan fingerprint density at radius 2 is 1.43 bits per heavy atom. The van der Waals surface area contributed by atoms with E-state index in [2.05, 4.69) is 29.2 Å². The highest BCUT2D eigenvalue weighted by atomic mass is 19.4. The summed E-state index contributed by atoms with van der Waals surface area (Å²) in [7, 11) is 0. The summed E-state index contributed by atoms with van der Waals surface area (Å²) in [6.45, 7) is 4.63. The summed E-state index contributed by atoms with van der Waals surface area (Å²) in [5.74, 6) is 4.65. The second-order valence-corrected chi connectivity index (χ2v) is 9.88. The summed E-state index contributed by atoms with van der Waals surface area (Å²) in [5, 5.41) is 0. The Bertz CT molecular complexity index is 706. The molecule has 170 valence electrons. The van der Waals surface area contributed by atoms with Crippen molar-refractivity contribution >= 4 is 0 Å². The van der Waals surface area contributed by atoms with Crippen LogP contribution in [0.15, 0.2) is 0 Å². The minimum atomic E-state index is -5.59. The highest BCUT2D eigenvalue weighted by molar-refractivity contribution is 5.15. The fourth-order valence-corrected chi connectivity index (χ4v) is 7.81. The van der Waals surface area contributed by atoms with E-state index in [4.69, 9.17) is 0 Å². The number of halogens is 6. The zero-order valence-electron chi connectivity index (χ0n) is 17.3. The Morgan fingerprint density at radius 3 is 2.00 bits per heavy atom. The molecular weight excluding hydrogens is 410 g/mol. The third-order valence-electron chi connectivity index (χ3n) is 8.99. The molecule has 0 saturated heterocycles. The lowest BCUT2D eigenvalue weighted by atomic mass is 9.61. The van der Waals surface area contributed by atoms with Crippen LogP contribution in [0.25, 0.3) is 0 Å². The molecule has 8 heteroatoms. The topological polar surface area (TPSA) is 18.5 Å². The average molecular weight is 438 g/mol. The van der Waals surface area contributed by atoms with Gasteiger partial charge in [-0.25, -0.2) is 0 Å². The molecule has 0 amide bonds. The van der Waals surface area contributed by atoms with Crippen molar-refractivity contribution in [3.05, 3.63) is 0 Å². The highest BCUT2D eigenvalue weighted by Crippen LogP contribution is 2.72. The van der Waals surface area contributed by atoms with E-state index in [0.29, 0.717) is 36.0 Å². The Balaban J connectivity index is 1.58. The van der Waals surface area contributed by atoms with Crippen molar-refractivity contribution in [2.24, 2.45) is 53.3 Å². The lowest BCUT2D eigenvalue weighted by Crippen LogP contribution is -2.60. The molecule has 0 heterocycles. The number of rotatable bonds is 5. The van der Waals surface area contributed by atoms with E-state index in [1.54, 1.807) is 0 Å². The predicted octanol–water partition coefficient (Wildman–Crippen LogP) is 6.02. The number of hydrogen-bond acceptors (Lipinski definition) is 2. The largest absolute Gasteiger partial charge is 0.426 e. The molecule has 4 aliphatic carbocycles. The molecule has 0 aromatic rings. The first-order chi connectivity index (χ1) is 13.9. The number of alkyl halides is 6. The van der Waals surface area contributed by atoms with Crippen LogP contribution < -0.4 is 0 Å². The summed E-state index contributed by atoms with van der Waals surface area (Å²) >= 11 is 0. The van der Waals surface area contributed by atoms with Crippen molar-refractivity contribution in [2.75, 3.05) is 6.79 Å². The maximum Gasteiger partial charge on any atom is 0.426 e. The van der Waals surface area contributed by atoms with Gasteiger partial charge in [-0.3, -0.25) is 0 Å². The van der Waals surface area contributed by atoms with Gasteiger partial charge < -0.3 is 9.47 Å². The second-order valence-electron chi connectivity index (χ2n) is 9.88. The molecule has 30 heavy (non-hydrogen) atoms. The Labute approximate surface area is 173 Å². The summed E-state index contributed by atoms with van der Waals surface area (Å²) in [6, 6.07) is 0. The SMILES string of the molecule is CC#COCOC(CC1CC2CC1C1C3CC(C(C)C3C)C21)(C(F)(F)F)C(F)(F)F. The maximum absolute atomic E-state index is 13.9. The molecule has 0 spiro atoms. The molecule has 4 saturated carbocycles. The summed E-state index contributed by atoms with van der Waals surface area (Å²) < 4.78 is 92.2. The smallest absolute Gasteiger partial charge is 0.417 e. The standard InChI is InChI=1S/C22H28F6O2/c1-4-5-29-10-30-20(21(23,24)25,22(26,27)28)9-14-6-13-7-17(14)19-16-8-15(18(13)19)11(2)12(16)3/h11-19H,6-10H2,1-3H3. The Morgan fingerprint density at radius 1 is 0.833 bits per heavy atom. The van der Waals surface area contributed by atoms with Gasteiger partial charge in [0, 0.05) is 6.92 Å². The first-order valence-corrected chi connectivity index (χ1v) is 10.7. The lowest BCUT2D eigenvalue weighted by molar-refractivity contribution is -0.396. The van der Waals surface area contributed by atoms with E-state index >= 15 is 0 Å². The Hall–Kier alpha value is -1.10. The quantitative estimate of drug-likeness (QED) is 0.172. The van der Waals surface area contributed by atoms with Gasteiger partial charge in [-0.15, -0.1) is 0 Å². The van der Waals surface area contributed by atoms with Gasteiger partial charge in [0.1, 0.15) is 6.11 Å². The van der Waals surface area contributed by atoms with Crippen molar-refractivity contribution in [1.29, 1.82) is 0 Å². The fraction of sp³-hybridized carbons (Fsp3) is 0.909. The summed E-state index contributed by atoms with van der Waals surface area (Å²) in [4.78, 5) is 0. The number of hydrogen-bond donors (Lipinski definition) is 0. The minimum absolute atomic E-state index is 0.0750. The van der Waals surface area contributed by atoms with Crippen LogP contribution in [0.5, 0.6) is 0 Å². The van der Waals surface area contributed by atoms with E-state index < -0.39 is 37.1 Å². The summed E-state index contributed by atoms with van der Waals surface area (Å²) in [6.07, 6.45) is -8.00. The zero-order chi connectivity index (χ0) is 22.1. The molecule has 0 aliphatic heterocycles. The van der Waals surface area contributed by atoms with E-state index in [0.717, 1.165) is 12.8 Å². The molecule has 4 fully saturated rings. The van der Waals surface area contributed by atoms with Crippen molar-refractivity contribution in [2.45, 2.75) is 64.4 Å². The minimum Gasteiger partial charge on any atom is -0.417 e. The fourth-order valence-electron chi connectivity index (χ4n) is 7.81. The van der Waals surface area contributed by atoms with E-state index in [-0.39, 0.29) is 17.8 Å². The summed E-state index contributed by atoms with van der Waals surface area (Å²) in [5.41, 5.74) is -4.23. The molecule has 4 rings (SSSR count). The molecule has 9 atom stereocenters. The second kappa shape index (κ2) is 7.21. The van der Waals surface area contributed by atoms with Gasteiger partial charge in [0.25, 0.3) is 5.60 Å². The van der Waals surface area contributed by atoms with E-state index in [9.17, 15) is 26.3 Å². The van der Waals surface area contributed by atoms with Crippen LogP contribution in [0, 0.1) is 65.3 Å². The van der Waals surface area contributed by atoms with Gasteiger partial charge >= 0.3 is 12.4 Å². The van der Waals surface area contributed by atoms with E-state index in [1.165, 1.54) is 6.92 Å². The van der Waals surface area contributed by atoms with Crippen LogP contribution in [0.3, 0.4) is 0 Å². The van der Waals surface area contributed by atoms with Crippen LogP contribution >= 0.6 is 0 Å². The molecule has 2 nitrogen and oxygen atoms in total. The third-order valence-corrected chi connectivity index (χ3v) is 8.99. The van der Waals surface area contributed by atoms with Gasteiger partial charge in [-0.1, -0.05) is 19.8 Å². The van der Waals surface area contributed by atoms with Crippen LogP contribution in [0.1, 0.15) is 46.5 Å².